The molecule has 0 atom stereocenters. The summed E-state index contributed by atoms with van der Waals surface area (Å²) in [6.45, 7) is 3.76. The second-order valence-corrected chi connectivity index (χ2v) is 4.47. The highest BCUT2D eigenvalue weighted by Crippen LogP contribution is 2.33. The van der Waals surface area contributed by atoms with Crippen molar-refractivity contribution in [2.24, 2.45) is 5.73 Å². The van der Waals surface area contributed by atoms with Crippen LogP contribution in [-0.2, 0) is 6.42 Å². The van der Waals surface area contributed by atoms with Crippen LogP contribution in [0.15, 0.2) is 12.1 Å². The summed E-state index contributed by atoms with van der Waals surface area (Å²) in [6.07, 6.45) is 0.518. The number of ether oxygens (including phenoxy) is 2. The van der Waals surface area contributed by atoms with Gasteiger partial charge in [0.15, 0.2) is 11.5 Å². The molecule has 0 unspecified atom stereocenters. The largest absolute Gasteiger partial charge is 0.493 e. The topological polar surface area (TPSA) is 44.5 Å². The first-order valence-corrected chi connectivity index (χ1v) is 5.06. The first kappa shape index (κ1) is 12.8. The van der Waals surface area contributed by atoms with Gasteiger partial charge in [-0.15, -0.1) is 0 Å². The molecule has 16 heavy (non-hydrogen) atoms. The lowest BCUT2D eigenvalue weighted by atomic mass is 9.95. The number of nitrogens with two attached hydrogens (primary N) is 1. The minimum Gasteiger partial charge on any atom is -0.493 e. The predicted molar refractivity (Wildman–Crippen MR) is 61.5 cm³/mol. The van der Waals surface area contributed by atoms with Crippen LogP contribution in [0.4, 0.5) is 4.39 Å². The molecule has 1 rings (SSSR count). The summed E-state index contributed by atoms with van der Waals surface area (Å²) in [5.41, 5.74) is 6.20. The average molecular weight is 227 g/mol. The molecule has 0 saturated heterocycles. The molecule has 90 valence electrons. The Kier molecular flexibility index (Phi) is 3.75. The van der Waals surface area contributed by atoms with E-state index >= 15 is 0 Å². The van der Waals surface area contributed by atoms with E-state index in [2.05, 4.69) is 0 Å². The van der Waals surface area contributed by atoms with E-state index in [0.29, 0.717) is 23.5 Å². The van der Waals surface area contributed by atoms with Crippen molar-refractivity contribution in [1.82, 2.24) is 0 Å². The van der Waals surface area contributed by atoms with Crippen molar-refractivity contribution >= 4 is 0 Å². The summed E-state index contributed by atoms with van der Waals surface area (Å²) >= 11 is 0. The molecule has 1 aromatic carbocycles. The molecule has 0 aliphatic rings. The van der Waals surface area contributed by atoms with Gasteiger partial charge in [-0.1, -0.05) is 0 Å². The molecule has 0 aromatic heterocycles. The van der Waals surface area contributed by atoms with Crippen LogP contribution < -0.4 is 15.2 Å². The molecule has 0 aliphatic heterocycles. The predicted octanol–water partition coefficient (Wildman–Crippen LogP) is 2.12. The Bertz CT molecular complexity index is 372. The highest BCUT2D eigenvalue weighted by molar-refractivity contribution is 5.47. The SMILES string of the molecule is COc1cc(F)cc(CC(C)(C)N)c1OC. The molecule has 0 radical (unpaired) electrons. The quantitative estimate of drug-likeness (QED) is 0.857. The summed E-state index contributed by atoms with van der Waals surface area (Å²) in [6, 6.07) is 2.72. The summed E-state index contributed by atoms with van der Waals surface area (Å²) in [5.74, 6) is 0.584. The van der Waals surface area contributed by atoms with Crippen LogP contribution >= 0.6 is 0 Å². The average Bonchev–Trinajstić information content (AvgIpc) is 2.14. The minimum atomic E-state index is -0.425. The van der Waals surface area contributed by atoms with Crippen molar-refractivity contribution in [2.45, 2.75) is 25.8 Å². The van der Waals surface area contributed by atoms with E-state index in [0.717, 1.165) is 0 Å². The number of methoxy groups -OCH3 is 2. The number of rotatable bonds is 4. The zero-order valence-corrected chi connectivity index (χ0v) is 10.1. The minimum absolute atomic E-state index is 0.350. The molecule has 3 nitrogen and oxygen atoms in total. The van der Waals surface area contributed by atoms with Crippen molar-refractivity contribution in [3.05, 3.63) is 23.5 Å². The van der Waals surface area contributed by atoms with Crippen LogP contribution in [0.1, 0.15) is 19.4 Å². The lowest BCUT2D eigenvalue weighted by Gasteiger charge is -2.21. The molecule has 0 spiro atoms. The number of hydrogen-bond donors (Lipinski definition) is 1. The van der Waals surface area contributed by atoms with Gasteiger partial charge < -0.3 is 15.2 Å². The summed E-state index contributed by atoms with van der Waals surface area (Å²) < 4.78 is 23.6. The second-order valence-electron chi connectivity index (χ2n) is 4.47. The van der Waals surface area contributed by atoms with Gasteiger partial charge in [0.25, 0.3) is 0 Å². The van der Waals surface area contributed by atoms with Crippen molar-refractivity contribution in [2.75, 3.05) is 14.2 Å². The Hall–Kier alpha value is -1.29. The fourth-order valence-corrected chi connectivity index (χ4v) is 1.63. The normalized spacial score (nSPS) is 11.4. The van der Waals surface area contributed by atoms with Gasteiger partial charge in [0, 0.05) is 17.2 Å². The van der Waals surface area contributed by atoms with Crippen LogP contribution in [0.5, 0.6) is 11.5 Å². The van der Waals surface area contributed by atoms with Gasteiger partial charge in [-0.25, -0.2) is 4.39 Å². The van der Waals surface area contributed by atoms with E-state index in [1.165, 1.54) is 26.4 Å². The van der Waals surface area contributed by atoms with Gasteiger partial charge in [0.1, 0.15) is 5.82 Å². The highest BCUT2D eigenvalue weighted by atomic mass is 19.1. The fraction of sp³-hybridized carbons (Fsp3) is 0.500. The van der Waals surface area contributed by atoms with E-state index in [9.17, 15) is 4.39 Å². The number of halogens is 1. The van der Waals surface area contributed by atoms with E-state index < -0.39 is 5.54 Å². The monoisotopic (exact) mass is 227 g/mol. The lowest BCUT2D eigenvalue weighted by Crippen LogP contribution is -2.34. The second kappa shape index (κ2) is 4.70. The van der Waals surface area contributed by atoms with Gasteiger partial charge >= 0.3 is 0 Å². The zero-order valence-electron chi connectivity index (χ0n) is 10.1. The smallest absolute Gasteiger partial charge is 0.164 e. The summed E-state index contributed by atoms with van der Waals surface area (Å²) in [4.78, 5) is 0. The fourth-order valence-electron chi connectivity index (χ4n) is 1.63. The molecule has 1 aromatic rings. The van der Waals surface area contributed by atoms with Crippen LogP contribution in [0.3, 0.4) is 0 Å². The maximum atomic E-state index is 13.3. The maximum absolute atomic E-state index is 13.3. The van der Waals surface area contributed by atoms with Crippen LogP contribution in [0, 0.1) is 5.82 Å². The third-order valence-corrected chi connectivity index (χ3v) is 2.17. The van der Waals surface area contributed by atoms with Crippen molar-refractivity contribution in [1.29, 1.82) is 0 Å². The van der Waals surface area contributed by atoms with Gasteiger partial charge in [0.2, 0.25) is 0 Å². The molecular formula is C12H18FNO2. The Balaban J connectivity index is 3.20. The van der Waals surface area contributed by atoms with E-state index in [4.69, 9.17) is 15.2 Å². The lowest BCUT2D eigenvalue weighted by molar-refractivity contribution is 0.346. The molecule has 0 fully saturated rings. The number of benzene rings is 1. The Morgan fingerprint density at radius 2 is 1.88 bits per heavy atom. The molecule has 4 heteroatoms. The summed E-state index contributed by atoms with van der Waals surface area (Å²) in [5, 5.41) is 0. The van der Waals surface area contributed by atoms with Crippen LogP contribution in [0.25, 0.3) is 0 Å². The third-order valence-electron chi connectivity index (χ3n) is 2.17. The first-order valence-electron chi connectivity index (χ1n) is 5.06. The molecule has 0 amide bonds. The van der Waals surface area contributed by atoms with E-state index in [1.54, 1.807) is 0 Å². The zero-order chi connectivity index (χ0) is 12.3. The van der Waals surface area contributed by atoms with Crippen molar-refractivity contribution in [3.63, 3.8) is 0 Å². The molecular weight excluding hydrogens is 209 g/mol. The Labute approximate surface area is 95.4 Å². The number of hydrogen-bond acceptors (Lipinski definition) is 3. The molecule has 0 heterocycles. The van der Waals surface area contributed by atoms with Gasteiger partial charge in [-0.3, -0.25) is 0 Å². The third kappa shape index (κ3) is 3.10. The van der Waals surface area contributed by atoms with Crippen molar-refractivity contribution < 1.29 is 13.9 Å². The molecule has 2 N–H and O–H groups in total. The van der Waals surface area contributed by atoms with E-state index in [1.807, 2.05) is 13.8 Å². The van der Waals surface area contributed by atoms with E-state index in [-0.39, 0.29) is 5.82 Å². The van der Waals surface area contributed by atoms with Crippen molar-refractivity contribution in [3.8, 4) is 11.5 Å². The standard InChI is InChI=1S/C12H18FNO2/c1-12(2,14)7-8-5-9(13)6-10(15-3)11(8)16-4/h5-6H,7,14H2,1-4H3. The Morgan fingerprint density at radius 3 is 2.31 bits per heavy atom. The summed E-state index contributed by atoms with van der Waals surface area (Å²) in [7, 11) is 3.01. The molecule has 0 bridgehead atoms. The molecule has 0 saturated carbocycles. The van der Waals surface area contributed by atoms with Gasteiger partial charge in [-0.2, -0.15) is 0 Å². The van der Waals surface area contributed by atoms with Crippen LogP contribution in [0.2, 0.25) is 0 Å². The van der Waals surface area contributed by atoms with Gasteiger partial charge in [-0.05, 0) is 26.3 Å². The molecule has 0 aliphatic carbocycles. The highest BCUT2D eigenvalue weighted by Gasteiger charge is 2.19. The maximum Gasteiger partial charge on any atom is 0.164 e. The van der Waals surface area contributed by atoms with Crippen LogP contribution in [-0.4, -0.2) is 19.8 Å². The first-order chi connectivity index (χ1) is 7.37. The Morgan fingerprint density at radius 1 is 1.25 bits per heavy atom. The van der Waals surface area contributed by atoms with Gasteiger partial charge in [0.05, 0.1) is 14.2 Å².